The van der Waals surface area contributed by atoms with E-state index in [4.69, 9.17) is 0 Å². The van der Waals surface area contributed by atoms with Crippen molar-refractivity contribution in [3.63, 3.8) is 0 Å². The molecule has 9 aromatic rings. The molecule has 0 saturated carbocycles. The number of fused-ring (bicyclic) bond motifs is 6. The van der Waals surface area contributed by atoms with E-state index in [0.29, 0.717) is 0 Å². The van der Waals surface area contributed by atoms with Crippen LogP contribution in [0.3, 0.4) is 0 Å². The Labute approximate surface area is 256 Å². The monoisotopic (exact) mass is 556 g/mol. The smallest absolute Gasteiger partial charge is 0.00262 e. The fraction of sp³-hybridized carbons (Fsp3) is 0. The van der Waals surface area contributed by atoms with Crippen molar-refractivity contribution in [2.75, 3.05) is 0 Å². The van der Waals surface area contributed by atoms with Crippen molar-refractivity contribution in [3.8, 4) is 33.4 Å². The van der Waals surface area contributed by atoms with Crippen LogP contribution >= 0.6 is 0 Å². The summed E-state index contributed by atoms with van der Waals surface area (Å²) in [4.78, 5) is 0. The van der Waals surface area contributed by atoms with E-state index in [1.807, 2.05) is 0 Å². The van der Waals surface area contributed by atoms with E-state index >= 15 is 0 Å². The van der Waals surface area contributed by atoms with E-state index in [-0.39, 0.29) is 0 Å². The highest BCUT2D eigenvalue weighted by Crippen LogP contribution is 2.45. The molecule has 0 unspecified atom stereocenters. The molecule has 9 aromatic carbocycles. The normalized spacial score (nSPS) is 11.6. The first-order valence-electron chi connectivity index (χ1n) is 15.3. The first kappa shape index (κ1) is 24.8. The van der Waals surface area contributed by atoms with Crippen molar-refractivity contribution >= 4 is 53.9 Å². The molecule has 9 rings (SSSR count). The lowest BCUT2D eigenvalue weighted by Gasteiger charge is -2.19. The van der Waals surface area contributed by atoms with E-state index in [0.717, 1.165) is 0 Å². The Bertz CT molecular complexity index is 2520. The van der Waals surface area contributed by atoms with E-state index in [1.54, 1.807) is 0 Å². The minimum atomic E-state index is 1.23. The van der Waals surface area contributed by atoms with E-state index in [1.165, 1.54) is 87.2 Å². The van der Waals surface area contributed by atoms with E-state index in [9.17, 15) is 0 Å². The van der Waals surface area contributed by atoms with Gasteiger partial charge in [-0.2, -0.15) is 0 Å². The fourth-order valence-electron chi connectivity index (χ4n) is 7.21. The summed E-state index contributed by atoms with van der Waals surface area (Å²) >= 11 is 0. The summed E-state index contributed by atoms with van der Waals surface area (Å²) in [5.74, 6) is 0. The Hall–Kier alpha value is -5.72. The Balaban J connectivity index is 1.39. The number of hydrogen-bond acceptors (Lipinski definition) is 0. The average molecular weight is 557 g/mol. The third kappa shape index (κ3) is 3.85. The molecule has 0 amide bonds. The highest BCUT2D eigenvalue weighted by atomic mass is 14.2. The third-order valence-electron chi connectivity index (χ3n) is 9.20. The Morgan fingerprint density at radius 1 is 0.227 bits per heavy atom. The van der Waals surface area contributed by atoms with Gasteiger partial charge in [-0.1, -0.05) is 152 Å². The first-order valence-corrected chi connectivity index (χ1v) is 15.3. The van der Waals surface area contributed by atoms with Crippen molar-refractivity contribution in [1.29, 1.82) is 0 Å². The summed E-state index contributed by atoms with van der Waals surface area (Å²) in [5.41, 5.74) is 7.54. The molecule has 0 radical (unpaired) electrons. The summed E-state index contributed by atoms with van der Waals surface area (Å²) in [7, 11) is 0. The van der Waals surface area contributed by atoms with Crippen LogP contribution in [0.25, 0.3) is 87.2 Å². The minimum Gasteiger partial charge on any atom is -0.0622 e. The molecule has 0 bridgehead atoms. The minimum absolute atomic E-state index is 1.23. The van der Waals surface area contributed by atoms with Crippen molar-refractivity contribution in [1.82, 2.24) is 0 Å². The van der Waals surface area contributed by atoms with Gasteiger partial charge in [0.2, 0.25) is 0 Å². The van der Waals surface area contributed by atoms with Crippen molar-refractivity contribution in [3.05, 3.63) is 170 Å². The highest BCUT2D eigenvalue weighted by molar-refractivity contribution is 6.22. The largest absolute Gasteiger partial charge is 0.0622 e. The van der Waals surface area contributed by atoms with Crippen molar-refractivity contribution < 1.29 is 0 Å². The molecule has 0 atom stereocenters. The van der Waals surface area contributed by atoms with Gasteiger partial charge < -0.3 is 0 Å². The van der Waals surface area contributed by atoms with Crippen molar-refractivity contribution in [2.45, 2.75) is 0 Å². The molecule has 0 fully saturated rings. The summed E-state index contributed by atoms with van der Waals surface area (Å²) in [6, 6.07) is 62.3. The predicted octanol–water partition coefficient (Wildman–Crippen LogP) is 12.5. The molecule has 0 N–H and O–H groups in total. The Morgan fingerprint density at radius 3 is 1.50 bits per heavy atom. The van der Waals surface area contributed by atoms with Crippen LogP contribution in [0.4, 0.5) is 0 Å². The molecule has 0 aliphatic rings. The predicted molar refractivity (Wildman–Crippen MR) is 190 cm³/mol. The quantitative estimate of drug-likeness (QED) is 0.150. The van der Waals surface area contributed by atoms with Gasteiger partial charge in [-0.05, 0) is 105 Å². The number of benzene rings is 9. The second-order valence-electron chi connectivity index (χ2n) is 11.7. The first-order chi connectivity index (χ1) is 21.8. The molecule has 204 valence electrons. The van der Waals surface area contributed by atoms with Gasteiger partial charge in [-0.15, -0.1) is 0 Å². The van der Waals surface area contributed by atoms with Crippen LogP contribution in [0.1, 0.15) is 0 Å². The van der Waals surface area contributed by atoms with Gasteiger partial charge in [-0.25, -0.2) is 0 Å². The molecular weight excluding hydrogens is 528 g/mol. The third-order valence-corrected chi connectivity index (χ3v) is 9.20. The molecule has 0 aromatic heterocycles. The lowest BCUT2D eigenvalue weighted by Crippen LogP contribution is -1.92. The van der Waals surface area contributed by atoms with Crippen LogP contribution in [0, 0.1) is 0 Å². The molecule has 0 aliphatic carbocycles. The maximum absolute atomic E-state index is 2.43. The molecule has 0 heterocycles. The molecule has 0 aliphatic heterocycles. The Kier molecular flexibility index (Phi) is 5.61. The van der Waals surface area contributed by atoms with Crippen LogP contribution in [0.2, 0.25) is 0 Å². The topological polar surface area (TPSA) is 0 Å². The standard InChI is InChI=1S/C44H28/c1-3-13-30(14-4-1)43-37-19-9-10-20-38(37)44(31-15-5-2-6-16-31)42-27-34(24-25-39(42)43)36-21-11-17-32-26-33-23-22-29-12-7-8-18-35(29)41(33)28-40(32)36/h1-28H. The number of rotatable bonds is 3. The molecular formula is C44H28. The highest BCUT2D eigenvalue weighted by Gasteiger charge is 2.18. The summed E-state index contributed by atoms with van der Waals surface area (Å²) in [6.07, 6.45) is 0. The zero-order chi connectivity index (χ0) is 29.0. The van der Waals surface area contributed by atoms with E-state index in [2.05, 4.69) is 170 Å². The zero-order valence-electron chi connectivity index (χ0n) is 24.2. The molecule has 0 heteroatoms. The maximum Gasteiger partial charge on any atom is -0.00262 e. The SMILES string of the molecule is c1ccc(-c2c3ccccc3c(-c3ccccc3)c3cc(-c4cccc5cc6ccc7ccccc7c6cc45)ccc23)cc1. The van der Waals surface area contributed by atoms with E-state index < -0.39 is 0 Å². The Morgan fingerprint density at radius 2 is 0.773 bits per heavy atom. The maximum atomic E-state index is 2.43. The molecule has 44 heavy (non-hydrogen) atoms. The average Bonchev–Trinajstić information content (AvgIpc) is 3.10. The molecule has 0 spiro atoms. The van der Waals surface area contributed by atoms with Gasteiger partial charge in [0, 0.05) is 0 Å². The number of hydrogen-bond donors (Lipinski definition) is 0. The lowest BCUT2D eigenvalue weighted by atomic mass is 9.84. The van der Waals surface area contributed by atoms with Gasteiger partial charge in [0.25, 0.3) is 0 Å². The second-order valence-corrected chi connectivity index (χ2v) is 11.7. The van der Waals surface area contributed by atoms with Crippen LogP contribution in [-0.2, 0) is 0 Å². The molecule has 0 nitrogen and oxygen atoms in total. The van der Waals surface area contributed by atoms with Gasteiger partial charge in [0.15, 0.2) is 0 Å². The lowest BCUT2D eigenvalue weighted by molar-refractivity contribution is 1.64. The fourth-order valence-corrected chi connectivity index (χ4v) is 7.21. The summed E-state index contributed by atoms with van der Waals surface area (Å²) < 4.78 is 0. The molecule has 0 saturated heterocycles. The van der Waals surface area contributed by atoms with Gasteiger partial charge in [0.05, 0.1) is 0 Å². The van der Waals surface area contributed by atoms with Crippen molar-refractivity contribution in [2.24, 2.45) is 0 Å². The second kappa shape index (κ2) is 9.93. The van der Waals surface area contributed by atoms with Gasteiger partial charge >= 0.3 is 0 Å². The zero-order valence-corrected chi connectivity index (χ0v) is 24.2. The van der Waals surface area contributed by atoms with Crippen LogP contribution in [-0.4, -0.2) is 0 Å². The van der Waals surface area contributed by atoms with Gasteiger partial charge in [0.1, 0.15) is 0 Å². The summed E-state index contributed by atoms with van der Waals surface area (Å²) in [6.45, 7) is 0. The van der Waals surface area contributed by atoms with Crippen LogP contribution in [0.5, 0.6) is 0 Å². The van der Waals surface area contributed by atoms with Crippen LogP contribution < -0.4 is 0 Å². The van der Waals surface area contributed by atoms with Gasteiger partial charge in [-0.3, -0.25) is 0 Å². The van der Waals surface area contributed by atoms with Crippen LogP contribution in [0.15, 0.2) is 170 Å². The summed E-state index contributed by atoms with van der Waals surface area (Å²) in [5, 5.41) is 12.8.